The largest absolute Gasteiger partial charge is 0.480 e. The maximum absolute atomic E-state index is 13.1. The fourth-order valence-corrected chi connectivity index (χ4v) is 7.33. The van der Waals surface area contributed by atoms with Crippen LogP contribution >= 0.6 is 0 Å². The zero-order chi connectivity index (χ0) is 18.1. The molecule has 1 atom stereocenters. The highest BCUT2D eigenvalue weighted by molar-refractivity contribution is 7.89. The monoisotopic (exact) mass is 372 g/mol. The van der Waals surface area contributed by atoms with E-state index in [-0.39, 0.29) is 18.0 Å². The minimum absolute atomic E-state index is 0.0156. The summed E-state index contributed by atoms with van der Waals surface area (Å²) in [5, 5.41) is 8.96. The van der Waals surface area contributed by atoms with Gasteiger partial charge in [-0.25, -0.2) is 12.7 Å². The molecule has 2 bridgehead atoms. The fraction of sp³-hybridized carbons (Fsp3) is 0.944. The molecule has 0 amide bonds. The molecule has 0 spiro atoms. The van der Waals surface area contributed by atoms with Crippen LogP contribution in [0.1, 0.15) is 57.8 Å². The van der Waals surface area contributed by atoms with Gasteiger partial charge in [0.1, 0.15) is 0 Å². The van der Waals surface area contributed by atoms with Gasteiger partial charge in [-0.3, -0.25) is 9.69 Å². The summed E-state index contributed by atoms with van der Waals surface area (Å²) in [7, 11) is -1.40. The Hall–Kier alpha value is -0.660. The minimum atomic E-state index is -3.23. The van der Waals surface area contributed by atoms with E-state index in [1.165, 1.54) is 19.3 Å². The summed E-state index contributed by atoms with van der Waals surface area (Å²) in [5.74, 6) is 0.332. The number of sulfonamides is 1. The van der Waals surface area contributed by atoms with Gasteiger partial charge in [-0.15, -0.1) is 0 Å². The maximum atomic E-state index is 13.1. The van der Waals surface area contributed by atoms with Crippen molar-refractivity contribution in [2.45, 2.75) is 63.8 Å². The topological polar surface area (TPSA) is 77.9 Å². The Morgan fingerprint density at radius 3 is 2.36 bits per heavy atom. The molecule has 25 heavy (non-hydrogen) atoms. The predicted molar refractivity (Wildman–Crippen MR) is 96.9 cm³/mol. The molecule has 4 aliphatic rings. The first-order valence-corrected chi connectivity index (χ1v) is 11.3. The molecule has 4 rings (SSSR count). The van der Waals surface area contributed by atoms with Crippen molar-refractivity contribution in [3.8, 4) is 0 Å². The van der Waals surface area contributed by atoms with Gasteiger partial charge in [0, 0.05) is 19.1 Å². The van der Waals surface area contributed by atoms with E-state index in [2.05, 4.69) is 0 Å². The third-order valence-corrected chi connectivity index (χ3v) is 8.92. The third kappa shape index (κ3) is 4.55. The van der Waals surface area contributed by atoms with E-state index in [1.807, 2.05) is 11.9 Å². The molecule has 0 radical (unpaired) electrons. The summed E-state index contributed by atoms with van der Waals surface area (Å²) in [4.78, 5) is 12.8. The van der Waals surface area contributed by atoms with Gasteiger partial charge in [0.2, 0.25) is 10.0 Å². The average molecular weight is 373 g/mol. The second kappa shape index (κ2) is 7.53. The summed E-state index contributed by atoms with van der Waals surface area (Å²) < 4.78 is 27.8. The number of likely N-dealkylation sites (N-methyl/N-ethyl adjacent to an activating group) is 1. The first-order chi connectivity index (χ1) is 11.8. The lowest BCUT2D eigenvalue weighted by molar-refractivity contribution is -0.138. The summed E-state index contributed by atoms with van der Waals surface area (Å²) in [6.07, 6.45) is 9.24. The predicted octanol–water partition coefficient (Wildman–Crippen LogP) is 2.16. The van der Waals surface area contributed by atoms with Crippen LogP contribution < -0.4 is 0 Å². The van der Waals surface area contributed by atoms with Crippen molar-refractivity contribution in [2.24, 2.45) is 11.3 Å². The molecular weight excluding hydrogens is 340 g/mol. The number of carbonyl (C=O) groups is 1. The molecule has 0 aromatic carbocycles. The van der Waals surface area contributed by atoms with Crippen LogP contribution in [0.5, 0.6) is 0 Å². The van der Waals surface area contributed by atoms with Gasteiger partial charge in [-0.2, -0.15) is 0 Å². The molecule has 1 N–H and O–H groups in total. The van der Waals surface area contributed by atoms with E-state index in [4.69, 9.17) is 5.11 Å². The number of rotatable bonds is 6. The molecule has 3 aliphatic carbocycles. The second-order valence-electron chi connectivity index (χ2n) is 8.53. The summed E-state index contributed by atoms with van der Waals surface area (Å²) in [6, 6.07) is 0.152. The van der Waals surface area contributed by atoms with E-state index in [1.54, 1.807) is 4.31 Å². The van der Waals surface area contributed by atoms with Gasteiger partial charge in [0.15, 0.2) is 0 Å². The molecule has 1 unspecified atom stereocenters. The Bertz CT molecular complexity index is 570. The Morgan fingerprint density at radius 2 is 1.76 bits per heavy atom. The zero-order valence-electron chi connectivity index (χ0n) is 15.3. The van der Waals surface area contributed by atoms with Gasteiger partial charge >= 0.3 is 5.97 Å². The highest BCUT2D eigenvalue weighted by atomic mass is 32.2. The highest BCUT2D eigenvalue weighted by Gasteiger charge is 2.44. The van der Waals surface area contributed by atoms with Crippen LogP contribution in [-0.2, 0) is 14.8 Å². The molecule has 0 aromatic heterocycles. The van der Waals surface area contributed by atoms with Gasteiger partial charge in [0.05, 0.1) is 12.3 Å². The van der Waals surface area contributed by atoms with E-state index in [0.717, 1.165) is 44.4 Å². The molecule has 7 heteroatoms. The van der Waals surface area contributed by atoms with E-state index >= 15 is 0 Å². The van der Waals surface area contributed by atoms with Crippen LogP contribution in [0.4, 0.5) is 0 Å². The van der Waals surface area contributed by atoms with Crippen molar-refractivity contribution in [2.75, 3.05) is 32.4 Å². The second-order valence-corrected chi connectivity index (χ2v) is 10.5. The van der Waals surface area contributed by atoms with Crippen LogP contribution in [0.2, 0.25) is 0 Å². The van der Waals surface area contributed by atoms with Crippen molar-refractivity contribution < 1.29 is 18.3 Å². The molecule has 144 valence electrons. The van der Waals surface area contributed by atoms with Crippen LogP contribution in [0, 0.1) is 11.3 Å². The Balaban J connectivity index is 1.60. The number of hydrogen-bond donors (Lipinski definition) is 1. The summed E-state index contributed by atoms with van der Waals surface area (Å²) in [5.41, 5.74) is 0.0272. The first-order valence-electron chi connectivity index (χ1n) is 9.70. The lowest BCUT2D eigenvalue weighted by atomic mass is 9.62. The summed E-state index contributed by atoms with van der Waals surface area (Å²) >= 11 is 0. The zero-order valence-corrected chi connectivity index (χ0v) is 16.1. The average Bonchev–Trinajstić information content (AvgIpc) is 2.81. The number of fused-ring (bicyclic) bond motifs is 3. The number of carboxylic acid groups (broad SMARTS) is 1. The molecule has 1 saturated heterocycles. The Morgan fingerprint density at radius 1 is 1.12 bits per heavy atom. The minimum Gasteiger partial charge on any atom is -0.480 e. The fourth-order valence-electron chi connectivity index (χ4n) is 5.15. The van der Waals surface area contributed by atoms with Crippen LogP contribution in [0.25, 0.3) is 0 Å². The normalized spacial score (nSPS) is 34.2. The molecule has 4 fully saturated rings. The number of hydrogen-bond acceptors (Lipinski definition) is 4. The standard InChI is InChI=1S/C18H32N2O4S/c1-19(13-17(21)22)16-3-2-11-20(12-7-16)25(23,24)14-18-8-4-15(5-9-18)6-10-18/h15-16H,2-14H2,1H3,(H,21,22). The smallest absolute Gasteiger partial charge is 0.317 e. The van der Waals surface area contributed by atoms with Crippen LogP contribution in [0.3, 0.4) is 0 Å². The first kappa shape index (κ1) is 19.1. The van der Waals surface area contributed by atoms with Crippen LogP contribution in [0.15, 0.2) is 0 Å². The summed E-state index contributed by atoms with van der Waals surface area (Å²) in [6.45, 7) is 1.12. The lowest BCUT2D eigenvalue weighted by Gasteiger charge is -2.46. The van der Waals surface area contributed by atoms with Crippen LogP contribution in [-0.4, -0.2) is 67.2 Å². The van der Waals surface area contributed by atoms with Crippen molar-refractivity contribution in [1.29, 1.82) is 0 Å². The molecule has 3 saturated carbocycles. The Kier molecular flexibility index (Phi) is 5.75. The quantitative estimate of drug-likeness (QED) is 0.773. The van der Waals surface area contributed by atoms with Crippen molar-refractivity contribution >= 4 is 16.0 Å². The van der Waals surface area contributed by atoms with Crippen molar-refractivity contribution in [1.82, 2.24) is 9.21 Å². The molecular formula is C18H32N2O4S. The molecule has 0 aromatic rings. The molecule has 1 heterocycles. The number of aliphatic carboxylic acids is 1. The number of nitrogens with zero attached hydrogens (tertiary/aromatic N) is 2. The van der Waals surface area contributed by atoms with Crippen molar-refractivity contribution in [3.05, 3.63) is 0 Å². The highest BCUT2D eigenvalue weighted by Crippen LogP contribution is 2.51. The van der Waals surface area contributed by atoms with Gasteiger partial charge in [0.25, 0.3) is 0 Å². The SMILES string of the molecule is CN(CC(=O)O)C1CCCN(S(=O)(=O)CC23CCC(CC2)CC3)CC1. The molecule has 1 aliphatic heterocycles. The van der Waals surface area contributed by atoms with E-state index < -0.39 is 16.0 Å². The third-order valence-electron chi connectivity index (χ3n) is 6.80. The van der Waals surface area contributed by atoms with Gasteiger partial charge < -0.3 is 5.11 Å². The Labute approximate surface area is 151 Å². The van der Waals surface area contributed by atoms with Gasteiger partial charge in [-0.05, 0) is 76.2 Å². The van der Waals surface area contributed by atoms with Crippen molar-refractivity contribution in [3.63, 3.8) is 0 Å². The van der Waals surface area contributed by atoms with E-state index in [9.17, 15) is 13.2 Å². The number of carboxylic acids is 1. The van der Waals surface area contributed by atoms with E-state index in [0.29, 0.717) is 18.8 Å². The maximum Gasteiger partial charge on any atom is 0.317 e. The molecule has 6 nitrogen and oxygen atoms in total. The lowest BCUT2D eigenvalue weighted by Crippen LogP contribution is -2.44. The van der Waals surface area contributed by atoms with Gasteiger partial charge in [-0.1, -0.05) is 0 Å².